The van der Waals surface area contributed by atoms with E-state index in [4.69, 9.17) is 9.84 Å². The number of nitrogens with zero attached hydrogens (tertiary/aromatic N) is 3. The van der Waals surface area contributed by atoms with E-state index in [2.05, 4.69) is 37.7 Å². The minimum atomic E-state index is -1.14. The molecule has 1 aliphatic rings. The fourth-order valence-corrected chi connectivity index (χ4v) is 3.78. The number of aliphatic hydroxyl groups is 1. The van der Waals surface area contributed by atoms with Gasteiger partial charge in [-0.25, -0.2) is 9.89 Å². The van der Waals surface area contributed by atoms with Crippen LogP contribution in [-0.2, 0) is 6.61 Å². The zero-order chi connectivity index (χ0) is 19.5. The van der Waals surface area contributed by atoms with Crippen molar-refractivity contribution in [3.05, 3.63) is 47.3 Å². The van der Waals surface area contributed by atoms with Gasteiger partial charge in [0.2, 0.25) is 5.69 Å². The van der Waals surface area contributed by atoms with Gasteiger partial charge < -0.3 is 14.9 Å². The zero-order valence-corrected chi connectivity index (χ0v) is 15.1. The lowest BCUT2D eigenvalue weighted by molar-refractivity contribution is 0.0677. The van der Waals surface area contributed by atoms with Crippen LogP contribution in [0.25, 0.3) is 11.3 Å². The zero-order valence-electron chi connectivity index (χ0n) is 15.1. The molecule has 28 heavy (non-hydrogen) atoms. The van der Waals surface area contributed by atoms with Crippen LogP contribution >= 0.6 is 0 Å². The van der Waals surface area contributed by atoms with Crippen molar-refractivity contribution in [1.29, 1.82) is 0 Å². The largest absolute Gasteiger partial charge is 0.476 e. The minimum absolute atomic E-state index is 0.0369. The van der Waals surface area contributed by atoms with Gasteiger partial charge in [0.05, 0.1) is 12.3 Å². The molecule has 0 aliphatic heterocycles. The molecule has 1 saturated carbocycles. The molecular formula is C19H21N5O4. The Labute approximate surface area is 160 Å². The summed E-state index contributed by atoms with van der Waals surface area (Å²) in [4.78, 5) is 11.1. The van der Waals surface area contributed by atoms with Gasteiger partial charge in [-0.2, -0.15) is 5.10 Å². The van der Waals surface area contributed by atoms with Crippen LogP contribution in [0.4, 0.5) is 0 Å². The van der Waals surface area contributed by atoms with E-state index in [0.717, 1.165) is 42.5 Å². The predicted molar refractivity (Wildman–Crippen MR) is 98.9 cm³/mol. The van der Waals surface area contributed by atoms with Crippen molar-refractivity contribution >= 4 is 5.97 Å². The molecule has 0 amide bonds. The van der Waals surface area contributed by atoms with Crippen LogP contribution in [0.15, 0.2) is 30.5 Å². The molecule has 2 heterocycles. The van der Waals surface area contributed by atoms with Gasteiger partial charge in [0, 0.05) is 11.8 Å². The summed E-state index contributed by atoms with van der Waals surface area (Å²) in [5, 5.41) is 35.4. The van der Waals surface area contributed by atoms with E-state index in [1.807, 2.05) is 12.1 Å². The monoisotopic (exact) mass is 383 g/mol. The molecule has 9 heteroatoms. The predicted octanol–water partition coefficient (Wildman–Crippen LogP) is 2.49. The molecule has 1 aliphatic carbocycles. The van der Waals surface area contributed by atoms with E-state index in [-0.39, 0.29) is 24.3 Å². The van der Waals surface area contributed by atoms with Gasteiger partial charge in [-0.3, -0.25) is 5.10 Å². The molecule has 4 N–H and O–H groups in total. The first kappa shape index (κ1) is 18.2. The normalized spacial score (nSPS) is 19.5. The number of aromatic carboxylic acids is 1. The fourth-order valence-electron chi connectivity index (χ4n) is 3.78. The molecule has 0 unspecified atom stereocenters. The third-order valence-corrected chi connectivity index (χ3v) is 5.24. The maximum absolute atomic E-state index is 11.1. The Morgan fingerprint density at radius 3 is 2.68 bits per heavy atom. The van der Waals surface area contributed by atoms with Crippen LogP contribution in [0, 0.1) is 0 Å². The van der Waals surface area contributed by atoms with Crippen molar-refractivity contribution in [3.63, 3.8) is 0 Å². The van der Waals surface area contributed by atoms with Gasteiger partial charge in [0.1, 0.15) is 6.10 Å². The maximum Gasteiger partial charge on any atom is 0.359 e. The molecule has 4 rings (SSSR count). The molecule has 2 aromatic heterocycles. The summed E-state index contributed by atoms with van der Waals surface area (Å²) in [6, 6.07) is 8.06. The standard InChI is InChI=1S/C19H21N5O4/c25-10-13-9-12(3-6-15(13)16-7-8-20-21-16)11-1-4-14(5-2-11)28-18-17(19(26)27)22-24-23-18/h3,6-9,11,14,25H,1-2,4-5,10H2,(H,20,21)(H,26,27)(H,22,23,24). The number of nitrogens with one attached hydrogen (secondary N) is 2. The number of carbonyl (C=O) groups is 1. The second kappa shape index (κ2) is 7.81. The number of ether oxygens (including phenoxy) is 1. The van der Waals surface area contributed by atoms with Crippen LogP contribution in [-0.4, -0.2) is 47.9 Å². The topological polar surface area (TPSA) is 137 Å². The molecule has 0 radical (unpaired) electrons. The Kier molecular flexibility index (Phi) is 5.07. The van der Waals surface area contributed by atoms with E-state index in [9.17, 15) is 9.90 Å². The molecule has 146 valence electrons. The van der Waals surface area contributed by atoms with Crippen LogP contribution in [0.3, 0.4) is 0 Å². The van der Waals surface area contributed by atoms with Crippen molar-refractivity contribution in [2.75, 3.05) is 0 Å². The first-order valence-electron chi connectivity index (χ1n) is 9.20. The number of aliphatic hydroxyl groups excluding tert-OH is 1. The quantitative estimate of drug-likeness (QED) is 0.513. The summed E-state index contributed by atoms with van der Waals surface area (Å²) in [6.45, 7) is -0.0369. The number of rotatable bonds is 6. The van der Waals surface area contributed by atoms with Crippen molar-refractivity contribution in [3.8, 4) is 17.1 Å². The Balaban J connectivity index is 1.42. The average molecular weight is 383 g/mol. The fraction of sp³-hybridized carbons (Fsp3) is 0.368. The smallest absolute Gasteiger partial charge is 0.359 e. The number of benzene rings is 1. The summed E-state index contributed by atoms with van der Waals surface area (Å²) < 4.78 is 5.75. The number of aromatic nitrogens is 5. The molecule has 0 atom stereocenters. The van der Waals surface area contributed by atoms with Gasteiger partial charge in [-0.05, 0) is 48.8 Å². The first-order valence-corrected chi connectivity index (χ1v) is 9.20. The second-order valence-corrected chi connectivity index (χ2v) is 6.93. The highest BCUT2D eigenvalue weighted by molar-refractivity contribution is 5.87. The van der Waals surface area contributed by atoms with Crippen molar-refractivity contribution < 1.29 is 19.7 Å². The Morgan fingerprint density at radius 2 is 2.00 bits per heavy atom. The average Bonchev–Trinajstić information content (AvgIpc) is 3.40. The molecule has 3 aromatic rings. The molecule has 0 bridgehead atoms. The van der Waals surface area contributed by atoms with Crippen molar-refractivity contribution in [2.24, 2.45) is 0 Å². The summed E-state index contributed by atoms with van der Waals surface area (Å²) in [6.07, 6.45) is 5.04. The Bertz CT molecular complexity index is 945. The highest BCUT2D eigenvalue weighted by atomic mass is 16.5. The second-order valence-electron chi connectivity index (χ2n) is 6.93. The van der Waals surface area contributed by atoms with Gasteiger partial charge in [0.15, 0.2) is 0 Å². The molecule has 0 saturated heterocycles. The molecule has 1 aromatic carbocycles. The lowest BCUT2D eigenvalue weighted by Crippen LogP contribution is -2.24. The minimum Gasteiger partial charge on any atom is -0.476 e. The highest BCUT2D eigenvalue weighted by Gasteiger charge is 2.26. The number of hydrogen-bond donors (Lipinski definition) is 4. The number of carboxylic acid groups (broad SMARTS) is 1. The van der Waals surface area contributed by atoms with Crippen LogP contribution in [0.2, 0.25) is 0 Å². The maximum atomic E-state index is 11.1. The molecule has 1 fully saturated rings. The van der Waals surface area contributed by atoms with E-state index in [0.29, 0.717) is 5.92 Å². The lowest BCUT2D eigenvalue weighted by atomic mass is 9.81. The SMILES string of the molecule is O=C(O)c1[nH]nnc1OC1CCC(c2ccc(-c3ccn[nH]3)c(CO)c2)CC1. The van der Waals surface area contributed by atoms with Gasteiger partial charge in [-0.15, -0.1) is 0 Å². The Hall–Kier alpha value is -3.20. The van der Waals surface area contributed by atoms with Crippen LogP contribution in [0.5, 0.6) is 5.88 Å². The summed E-state index contributed by atoms with van der Waals surface area (Å²) in [5.41, 5.74) is 3.78. The third kappa shape index (κ3) is 3.61. The van der Waals surface area contributed by atoms with Crippen LogP contribution in [0.1, 0.15) is 53.2 Å². The van der Waals surface area contributed by atoms with E-state index in [1.165, 1.54) is 5.56 Å². The van der Waals surface area contributed by atoms with Gasteiger partial charge in [0.25, 0.3) is 5.88 Å². The Morgan fingerprint density at radius 1 is 1.18 bits per heavy atom. The van der Waals surface area contributed by atoms with Gasteiger partial charge >= 0.3 is 5.97 Å². The lowest BCUT2D eigenvalue weighted by Gasteiger charge is -2.29. The first-order chi connectivity index (χ1) is 13.7. The molecular weight excluding hydrogens is 362 g/mol. The van der Waals surface area contributed by atoms with Crippen molar-refractivity contribution in [2.45, 2.75) is 44.3 Å². The third-order valence-electron chi connectivity index (χ3n) is 5.24. The van der Waals surface area contributed by atoms with E-state index in [1.54, 1.807) is 6.20 Å². The van der Waals surface area contributed by atoms with E-state index >= 15 is 0 Å². The highest BCUT2D eigenvalue weighted by Crippen LogP contribution is 2.36. The molecule has 9 nitrogen and oxygen atoms in total. The number of carboxylic acids is 1. The molecule has 0 spiro atoms. The van der Waals surface area contributed by atoms with Gasteiger partial charge in [-0.1, -0.05) is 28.5 Å². The number of aromatic amines is 2. The number of H-pyrrole nitrogens is 2. The van der Waals surface area contributed by atoms with E-state index < -0.39 is 5.97 Å². The summed E-state index contributed by atoms with van der Waals surface area (Å²) in [7, 11) is 0. The summed E-state index contributed by atoms with van der Waals surface area (Å²) in [5.74, 6) is -0.720. The summed E-state index contributed by atoms with van der Waals surface area (Å²) >= 11 is 0. The van der Waals surface area contributed by atoms with Crippen LogP contribution < -0.4 is 4.74 Å². The van der Waals surface area contributed by atoms with Crippen molar-refractivity contribution in [1.82, 2.24) is 25.6 Å². The number of hydrogen-bond acceptors (Lipinski definition) is 6.